The molecule has 7 nitrogen and oxygen atoms in total. The second-order valence-electron chi connectivity index (χ2n) is 6.67. The molecule has 2 heterocycles. The van der Waals surface area contributed by atoms with Crippen LogP contribution in [0.3, 0.4) is 0 Å². The molecule has 0 saturated carbocycles. The van der Waals surface area contributed by atoms with E-state index in [9.17, 15) is 4.79 Å². The zero-order chi connectivity index (χ0) is 20.2. The lowest BCUT2D eigenvalue weighted by Crippen LogP contribution is -2.11. The maximum absolute atomic E-state index is 12.5. The van der Waals surface area contributed by atoms with Gasteiger partial charge < -0.3 is 14.6 Å². The summed E-state index contributed by atoms with van der Waals surface area (Å²) in [5, 5.41) is 11.0. The van der Waals surface area contributed by atoms with Gasteiger partial charge in [0.1, 0.15) is 5.75 Å². The van der Waals surface area contributed by atoms with Crippen molar-refractivity contribution >= 4 is 11.6 Å². The highest BCUT2D eigenvalue weighted by Crippen LogP contribution is 2.21. The highest BCUT2D eigenvalue weighted by atomic mass is 16.5. The molecule has 0 spiro atoms. The lowest BCUT2D eigenvalue weighted by molar-refractivity contribution is 0.101. The molecule has 0 aliphatic heterocycles. The van der Waals surface area contributed by atoms with E-state index in [4.69, 9.17) is 9.26 Å². The number of nitrogens with one attached hydrogen (secondary N) is 1. The molecule has 4 rings (SSSR count). The van der Waals surface area contributed by atoms with Crippen molar-refractivity contribution in [2.75, 3.05) is 12.4 Å². The maximum atomic E-state index is 12.5. The van der Waals surface area contributed by atoms with Crippen LogP contribution >= 0.6 is 0 Å². The first kappa shape index (κ1) is 18.5. The minimum absolute atomic E-state index is 0.209. The highest BCUT2D eigenvalue weighted by Gasteiger charge is 2.15. The monoisotopic (exact) mass is 388 g/mol. The molecule has 0 aliphatic carbocycles. The quantitative estimate of drug-likeness (QED) is 0.536. The van der Waals surface area contributed by atoms with E-state index in [2.05, 4.69) is 15.6 Å². The van der Waals surface area contributed by atoms with Crippen LogP contribution in [0, 0.1) is 6.92 Å². The number of hydrogen-bond donors (Lipinski definition) is 1. The number of anilines is 1. The van der Waals surface area contributed by atoms with E-state index in [1.165, 1.54) is 0 Å². The summed E-state index contributed by atoms with van der Waals surface area (Å²) in [6, 6.07) is 17.2. The Morgan fingerprint density at radius 2 is 2.00 bits per heavy atom. The number of carbonyl (C=O) groups excluding carboxylic acids is 1. The largest absolute Gasteiger partial charge is 0.497 e. The van der Waals surface area contributed by atoms with Gasteiger partial charge in [-0.05, 0) is 24.6 Å². The third-order valence-corrected chi connectivity index (χ3v) is 4.45. The fourth-order valence-corrected chi connectivity index (χ4v) is 2.90. The number of ether oxygens (including phenoxy) is 1. The number of rotatable bonds is 6. The van der Waals surface area contributed by atoms with Crippen LogP contribution in [0.15, 0.2) is 71.5 Å². The highest BCUT2D eigenvalue weighted by molar-refractivity contribution is 6.03. The van der Waals surface area contributed by atoms with E-state index in [-0.39, 0.29) is 11.6 Å². The second kappa shape index (κ2) is 8.02. The molecule has 0 aliphatic rings. The lowest BCUT2D eigenvalue weighted by Gasteiger charge is -2.04. The van der Waals surface area contributed by atoms with Gasteiger partial charge in [-0.25, -0.2) is 0 Å². The third kappa shape index (κ3) is 4.35. The predicted molar refractivity (Wildman–Crippen MR) is 109 cm³/mol. The van der Waals surface area contributed by atoms with Gasteiger partial charge in [0, 0.05) is 17.8 Å². The van der Waals surface area contributed by atoms with Gasteiger partial charge in [-0.1, -0.05) is 47.1 Å². The van der Waals surface area contributed by atoms with Gasteiger partial charge in [-0.3, -0.25) is 9.48 Å². The van der Waals surface area contributed by atoms with Crippen molar-refractivity contribution in [3.8, 4) is 17.1 Å². The smallest absolute Gasteiger partial charge is 0.277 e. The molecule has 29 heavy (non-hydrogen) atoms. The Bertz CT molecular complexity index is 1130. The average Bonchev–Trinajstić information content (AvgIpc) is 3.39. The van der Waals surface area contributed by atoms with Crippen LogP contribution in [0.4, 0.5) is 5.69 Å². The Hall–Kier alpha value is -3.87. The number of carbonyl (C=O) groups is 1. The number of hydrogen-bond acceptors (Lipinski definition) is 5. The van der Waals surface area contributed by atoms with Crippen LogP contribution in [0.2, 0.25) is 0 Å². The Kier molecular flexibility index (Phi) is 5.11. The van der Waals surface area contributed by atoms with Crippen molar-refractivity contribution in [1.29, 1.82) is 0 Å². The summed E-state index contributed by atoms with van der Waals surface area (Å²) in [6.45, 7) is 2.58. The SMILES string of the molecule is COc1cccc(Cn2cc(NC(=O)c3cc(-c4ccc(C)cc4)on3)cn2)c1. The van der Waals surface area contributed by atoms with E-state index < -0.39 is 0 Å². The van der Waals surface area contributed by atoms with E-state index in [1.807, 2.05) is 55.5 Å². The fraction of sp³-hybridized carbons (Fsp3) is 0.136. The number of methoxy groups -OCH3 is 1. The Balaban J connectivity index is 1.42. The Morgan fingerprint density at radius 3 is 2.79 bits per heavy atom. The fourth-order valence-electron chi connectivity index (χ4n) is 2.90. The van der Waals surface area contributed by atoms with E-state index in [1.54, 1.807) is 30.3 Å². The van der Waals surface area contributed by atoms with Crippen molar-refractivity contribution in [1.82, 2.24) is 14.9 Å². The van der Waals surface area contributed by atoms with Crippen molar-refractivity contribution in [2.45, 2.75) is 13.5 Å². The summed E-state index contributed by atoms with van der Waals surface area (Å²) in [6.07, 6.45) is 3.36. The molecule has 0 radical (unpaired) electrons. The summed E-state index contributed by atoms with van der Waals surface area (Å²) < 4.78 is 12.3. The van der Waals surface area contributed by atoms with Gasteiger partial charge in [0.15, 0.2) is 11.5 Å². The molecule has 4 aromatic rings. The van der Waals surface area contributed by atoms with Crippen molar-refractivity contribution in [3.05, 3.63) is 83.8 Å². The van der Waals surface area contributed by atoms with Crippen LogP contribution in [0.5, 0.6) is 5.75 Å². The summed E-state index contributed by atoms with van der Waals surface area (Å²) >= 11 is 0. The van der Waals surface area contributed by atoms with Crippen molar-refractivity contribution in [2.24, 2.45) is 0 Å². The first-order chi connectivity index (χ1) is 14.1. The Labute approximate surface area is 167 Å². The molecule has 146 valence electrons. The van der Waals surface area contributed by atoms with Crippen LogP contribution in [0.1, 0.15) is 21.6 Å². The predicted octanol–water partition coefficient (Wildman–Crippen LogP) is 4.16. The average molecular weight is 388 g/mol. The molecule has 2 aromatic carbocycles. The van der Waals surface area contributed by atoms with Crippen LogP contribution in [-0.2, 0) is 6.54 Å². The molecule has 0 atom stereocenters. The van der Waals surface area contributed by atoms with Crippen LogP contribution < -0.4 is 10.1 Å². The standard InChI is InChI=1S/C22H20N4O3/c1-15-6-8-17(9-7-15)21-11-20(25-29-21)22(27)24-18-12-23-26(14-18)13-16-4-3-5-19(10-16)28-2/h3-12,14H,13H2,1-2H3,(H,24,27). The molecule has 0 saturated heterocycles. The topological polar surface area (TPSA) is 82.2 Å². The summed E-state index contributed by atoms with van der Waals surface area (Å²) in [4.78, 5) is 12.5. The van der Waals surface area contributed by atoms with Crippen LogP contribution in [-0.4, -0.2) is 28.0 Å². The first-order valence-electron chi connectivity index (χ1n) is 9.11. The lowest BCUT2D eigenvalue weighted by atomic mass is 10.1. The number of aryl methyl sites for hydroxylation is 1. The third-order valence-electron chi connectivity index (χ3n) is 4.45. The van der Waals surface area contributed by atoms with Gasteiger partial charge in [0.2, 0.25) is 0 Å². The number of nitrogens with zero attached hydrogens (tertiary/aromatic N) is 3. The number of amides is 1. The molecular formula is C22H20N4O3. The minimum Gasteiger partial charge on any atom is -0.497 e. The van der Waals surface area contributed by atoms with E-state index >= 15 is 0 Å². The van der Waals surface area contributed by atoms with Gasteiger partial charge in [0.05, 0.1) is 25.5 Å². The zero-order valence-corrected chi connectivity index (χ0v) is 16.1. The summed E-state index contributed by atoms with van der Waals surface area (Å²) in [5.41, 5.74) is 3.86. The van der Waals surface area contributed by atoms with Gasteiger partial charge in [-0.15, -0.1) is 0 Å². The van der Waals surface area contributed by atoms with Crippen molar-refractivity contribution < 1.29 is 14.1 Å². The maximum Gasteiger partial charge on any atom is 0.277 e. The summed E-state index contributed by atoms with van der Waals surface area (Å²) in [5.74, 6) is 0.982. The van der Waals surface area contributed by atoms with Crippen LogP contribution in [0.25, 0.3) is 11.3 Å². The molecule has 7 heteroatoms. The second-order valence-corrected chi connectivity index (χ2v) is 6.67. The molecule has 0 bridgehead atoms. The van der Waals surface area contributed by atoms with Gasteiger partial charge in [0.25, 0.3) is 5.91 Å². The zero-order valence-electron chi connectivity index (χ0n) is 16.1. The number of aromatic nitrogens is 3. The molecule has 1 N–H and O–H groups in total. The minimum atomic E-state index is -0.354. The molecule has 1 amide bonds. The van der Waals surface area contributed by atoms with E-state index in [0.29, 0.717) is 18.0 Å². The van der Waals surface area contributed by atoms with Gasteiger partial charge >= 0.3 is 0 Å². The van der Waals surface area contributed by atoms with E-state index in [0.717, 1.165) is 22.4 Å². The molecule has 2 aromatic heterocycles. The molecular weight excluding hydrogens is 368 g/mol. The number of benzene rings is 2. The Morgan fingerprint density at radius 1 is 1.17 bits per heavy atom. The summed E-state index contributed by atoms with van der Waals surface area (Å²) in [7, 11) is 1.63. The molecule has 0 unspecified atom stereocenters. The van der Waals surface area contributed by atoms with Gasteiger partial charge in [-0.2, -0.15) is 5.10 Å². The first-order valence-corrected chi connectivity index (χ1v) is 9.11. The molecule has 0 fully saturated rings. The normalized spacial score (nSPS) is 10.7. The van der Waals surface area contributed by atoms with Crippen molar-refractivity contribution in [3.63, 3.8) is 0 Å².